The van der Waals surface area contributed by atoms with E-state index in [4.69, 9.17) is 0 Å². The van der Waals surface area contributed by atoms with Gasteiger partial charge in [-0.3, -0.25) is 4.79 Å². The number of benzene rings is 1. The second-order valence-electron chi connectivity index (χ2n) is 7.43. The van der Waals surface area contributed by atoms with Crippen LogP contribution in [0.1, 0.15) is 64.5 Å². The zero-order valence-electron chi connectivity index (χ0n) is 16.0. The van der Waals surface area contributed by atoms with Crippen molar-refractivity contribution in [1.82, 2.24) is 15.2 Å². The van der Waals surface area contributed by atoms with E-state index in [9.17, 15) is 4.79 Å². The molecular formula is C21H29N3OS. The number of hydrogen-bond acceptors (Lipinski definition) is 4. The highest BCUT2D eigenvalue weighted by atomic mass is 32.1. The lowest BCUT2D eigenvalue weighted by atomic mass is 9.91. The molecule has 0 radical (unpaired) electrons. The fourth-order valence-corrected chi connectivity index (χ4v) is 4.52. The first-order valence-corrected chi connectivity index (χ1v) is 10.4. The lowest BCUT2D eigenvalue weighted by Crippen LogP contribution is -2.40. The number of amides is 1. The van der Waals surface area contributed by atoms with Crippen LogP contribution in [0.2, 0.25) is 0 Å². The molecule has 4 nitrogen and oxygen atoms in total. The number of aromatic nitrogens is 1. The molecule has 1 N–H and O–H groups in total. The van der Waals surface area contributed by atoms with Gasteiger partial charge in [0.15, 0.2) is 0 Å². The number of piperidine rings is 1. The van der Waals surface area contributed by atoms with Crippen LogP contribution in [-0.2, 0) is 0 Å². The lowest BCUT2D eigenvalue weighted by Gasteiger charge is -2.33. The molecule has 0 spiro atoms. The van der Waals surface area contributed by atoms with Gasteiger partial charge in [-0.1, -0.05) is 44.2 Å². The van der Waals surface area contributed by atoms with E-state index in [1.165, 1.54) is 29.7 Å². The Bertz CT molecular complexity index is 726. The highest BCUT2D eigenvalue weighted by molar-refractivity contribution is 7.13. The van der Waals surface area contributed by atoms with E-state index < -0.39 is 0 Å². The summed E-state index contributed by atoms with van der Waals surface area (Å²) in [5, 5.41) is 4.12. The van der Waals surface area contributed by atoms with Crippen LogP contribution in [-0.4, -0.2) is 42.0 Å². The summed E-state index contributed by atoms with van der Waals surface area (Å²) in [6.45, 7) is 9.94. The topological polar surface area (TPSA) is 45.2 Å². The Balaban J connectivity index is 1.49. The SMILES string of the molecule is Cc1nc(C(C)C)sc1C(=O)NCCN1CCC[C@H](c2ccccc2)C1. The fourth-order valence-electron chi connectivity index (χ4n) is 3.54. The van der Waals surface area contributed by atoms with Crippen molar-refractivity contribution >= 4 is 17.2 Å². The zero-order valence-corrected chi connectivity index (χ0v) is 16.8. The average molecular weight is 372 g/mol. The maximum atomic E-state index is 12.5. The molecular weight excluding hydrogens is 342 g/mol. The van der Waals surface area contributed by atoms with E-state index in [1.807, 2.05) is 6.92 Å². The molecule has 0 unspecified atom stereocenters. The summed E-state index contributed by atoms with van der Waals surface area (Å²) < 4.78 is 0. The largest absolute Gasteiger partial charge is 0.350 e. The summed E-state index contributed by atoms with van der Waals surface area (Å²) in [5.41, 5.74) is 2.28. The van der Waals surface area contributed by atoms with Crippen molar-refractivity contribution in [3.05, 3.63) is 51.5 Å². The minimum Gasteiger partial charge on any atom is -0.350 e. The molecule has 1 aliphatic rings. The van der Waals surface area contributed by atoms with Crippen LogP contribution < -0.4 is 5.32 Å². The Kier molecular flexibility index (Phi) is 6.43. The lowest BCUT2D eigenvalue weighted by molar-refractivity contribution is 0.0949. The summed E-state index contributed by atoms with van der Waals surface area (Å²) >= 11 is 1.52. The van der Waals surface area contributed by atoms with Gasteiger partial charge in [-0.15, -0.1) is 11.3 Å². The smallest absolute Gasteiger partial charge is 0.263 e. The molecule has 3 rings (SSSR count). The molecule has 0 saturated carbocycles. The third kappa shape index (κ3) is 4.71. The van der Waals surface area contributed by atoms with Crippen LogP contribution in [0.4, 0.5) is 0 Å². The van der Waals surface area contributed by atoms with Gasteiger partial charge >= 0.3 is 0 Å². The number of nitrogens with one attached hydrogen (secondary N) is 1. The van der Waals surface area contributed by atoms with Gasteiger partial charge in [-0.25, -0.2) is 4.98 Å². The monoisotopic (exact) mass is 371 g/mol. The third-order valence-corrected chi connectivity index (χ3v) is 6.46. The highest BCUT2D eigenvalue weighted by Crippen LogP contribution is 2.26. The van der Waals surface area contributed by atoms with E-state index in [1.54, 1.807) is 0 Å². The normalized spacial score (nSPS) is 18.2. The number of nitrogens with zero attached hydrogens (tertiary/aromatic N) is 2. The van der Waals surface area contributed by atoms with Gasteiger partial charge in [0.25, 0.3) is 5.91 Å². The molecule has 1 aromatic heterocycles. The fraction of sp³-hybridized carbons (Fsp3) is 0.524. The molecule has 140 valence electrons. The second-order valence-corrected chi connectivity index (χ2v) is 8.46. The Labute approximate surface area is 160 Å². The van der Waals surface area contributed by atoms with Crippen molar-refractivity contribution in [2.24, 2.45) is 0 Å². The summed E-state index contributed by atoms with van der Waals surface area (Å²) in [5.74, 6) is 0.991. The van der Waals surface area contributed by atoms with Gasteiger partial charge < -0.3 is 10.2 Å². The molecule has 0 aliphatic carbocycles. The molecule has 2 aromatic rings. The first-order valence-electron chi connectivity index (χ1n) is 9.57. The van der Waals surface area contributed by atoms with Gasteiger partial charge in [0, 0.05) is 25.6 Å². The van der Waals surface area contributed by atoms with E-state index in [0.717, 1.165) is 35.2 Å². The molecule has 1 aliphatic heterocycles. The number of carbonyl (C=O) groups is 1. The molecule has 1 amide bonds. The highest BCUT2D eigenvalue weighted by Gasteiger charge is 2.21. The molecule has 1 atom stereocenters. The molecule has 26 heavy (non-hydrogen) atoms. The summed E-state index contributed by atoms with van der Waals surface area (Å²) in [6.07, 6.45) is 2.48. The number of carbonyl (C=O) groups excluding carboxylic acids is 1. The Hall–Kier alpha value is -1.72. The minimum atomic E-state index is 0.0171. The van der Waals surface area contributed by atoms with Crippen molar-refractivity contribution in [2.75, 3.05) is 26.2 Å². The molecule has 2 heterocycles. The van der Waals surface area contributed by atoms with Crippen molar-refractivity contribution in [3.8, 4) is 0 Å². The van der Waals surface area contributed by atoms with E-state index in [2.05, 4.69) is 59.4 Å². The number of likely N-dealkylation sites (tertiary alicyclic amines) is 1. The van der Waals surface area contributed by atoms with Crippen LogP contribution in [0.25, 0.3) is 0 Å². The van der Waals surface area contributed by atoms with Gasteiger partial charge in [0.05, 0.1) is 10.7 Å². The third-order valence-electron chi connectivity index (χ3n) is 5.00. The Morgan fingerprint density at radius 1 is 1.35 bits per heavy atom. The van der Waals surface area contributed by atoms with E-state index >= 15 is 0 Å². The zero-order chi connectivity index (χ0) is 18.5. The summed E-state index contributed by atoms with van der Waals surface area (Å²) in [6, 6.07) is 10.8. The first kappa shape index (κ1) is 19.1. The molecule has 5 heteroatoms. The van der Waals surface area contributed by atoms with Crippen LogP contribution in [0.15, 0.2) is 30.3 Å². The molecule has 0 bridgehead atoms. The van der Waals surface area contributed by atoms with Gasteiger partial charge in [-0.05, 0) is 37.8 Å². The standard InChI is InChI=1S/C21H29N3OS/c1-15(2)21-23-16(3)19(26-21)20(25)22-11-13-24-12-7-10-18(14-24)17-8-5-4-6-9-17/h4-6,8-9,15,18H,7,10-14H2,1-3H3,(H,22,25)/t18-/m0/s1. The van der Waals surface area contributed by atoms with Crippen molar-refractivity contribution in [1.29, 1.82) is 0 Å². The van der Waals surface area contributed by atoms with Gasteiger partial charge in [-0.2, -0.15) is 0 Å². The van der Waals surface area contributed by atoms with Gasteiger partial charge in [0.2, 0.25) is 0 Å². The predicted octanol–water partition coefficient (Wildman–Crippen LogP) is 4.18. The minimum absolute atomic E-state index is 0.0171. The maximum Gasteiger partial charge on any atom is 0.263 e. The van der Waals surface area contributed by atoms with Crippen LogP contribution in [0.3, 0.4) is 0 Å². The number of hydrogen-bond donors (Lipinski definition) is 1. The molecule has 1 saturated heterocycles. The number of rotatable bonds is 6. The molecule has 1 aromatic carbocycles. The quantitative estimate of drug-likeness (QED) is 0.828. The van der Waals surface area contributed by atoms with Crippen molar-refractivity contribution in [3.63, 3.8) is 0 Å². The molecule has 1 fully saturated rings. The number of aryl methyl sites for hydroxylation is 1. The van der Waals surface area contributed by atoms with Crippen LogP contribution >= 0.6 is 11.3 Å². The Morgan fingerprint density at radius 2 is 2.12 bits per heavy atom. The van der Waals surface area contributed by atoms with E-state index in [0.29, 0.717) is 18.4 Å². The summed E-state index contributed by atoms with van der Waals surface area (Å²) in [7, 11) is 0. The Morgan fingerprint density at radius 3 is 2.81 bits per heavy atom. The van der Waals surface area contributed by atoms with Crippen LogP contribution in [0.5, 0.6) is 0 Å². The van der Waals surface area contributed by atoms with Crippen LogP contribution in [0, 0.1) is 6.92 Å². The maximum absolute atomic E-state index is 12.5. The predicted molar refractivity (Wildman–Crippen MR) is 108 cm³/mol. The number of thiazole rings is 1. The summed E-state index contributed by atoms with van der Waals surface area (Å²) in [4.78, 5) is 20.2. The van der Waals surface area contributed by atoms with E-state index in [-0.39, 0.29) is 5.91 Å². The second kappa shape index (κ2) is 8.78. The van der Waals surface area contributed by atoms with Crippen molar-refractivity contribution in [2.45, 2.75) is 45.4 Å². The van der Waals surface area contributed by atoms with Crippen molar-refractivity contribution < 1.29 is 4.79 Å². The first-order chi connectivity index (χ1) is 12.5. The van der Waals surface area contributed by atoms with Gasteiger partial charge in [0.1, 0.15) is 4.88 Å². The average Bonchev–Trinajstić information content (AvgIpc) is 3.05.